The summed E-state index contributed by atoms with van der Waals surface area (Å²) in [6.45, 7) is 7.75. The molecule has 0 aliphatic carbocycles. The van der Waals surface area contributed by atoms with Gasteiger partial charge in [-0.15, -0.1) is 0 Å². The van der Waals surface area contributed by atoms with E-state index in [0.717, 1.165) is 16.7 Å². The third-order valence-corrected chi connectivity index (χ3v) is 4.04. The largest absolute Gasteiger partial charge is 0.444 e. The molecule has 2 aromatic rings. The van der Waals surface area contributed by atoms with Crippen LogP contribution in [0, 0.1) is 0 Å². The Morgan fingerprint density at radius 2 is 2.00 bits per heavy atom. The summed E-state index contributed by atoms with van der Waals surface area (Å²) in [4.78, 5) is 14.0. The summed E-state index contributed by atoms with van der Waals surface area (Å²) in [6.07, 6.45) is -0.236. The number of aromatic nitrogens is 1. The van der Waals surface area contributed by atoms with Crippen LogP contribution in [0.3, 0.4) is 0 Å². The minimum atomic E-state index is -0.452. The smallest absolute Gasteiger partial charge is 0.410 e. The van der Waals surface area contributed by atoms with Gasteiger partial charge < -0.3 is 14.2 Å². The van der Waals surface area contributed by atoms with Gasteiger partial charge in [-0.05, 0) is 39.0 Å². The number of fused-ring (bicyclic) bond motifs is 3. The number of hydrogen-bond acceptors (Lipinski definition) is 2. The van der Waals surface area contributed by atoms with E-state index in [4.69, 9.17) is 4.74 Å². The molecule has 3 rings (SSSR count). The number of hydrogen-bond donors (Lipinski definition) is 0. The van der Waals surface area contributed by atoms with E-state index in [2.05, 4.69) is 38.7 Å². The van der Waals surface area contributed by atoms with E-state index in [0.29, 0.717) is 13.1 Å². The monoisotopic (exact) mass is 350 g/mol. The van der Waals surface area contributed by atoms with E-state index >= 15 is 0 Å². The van der Waals surface area contributed by atoms with Crippen molar-refractivity contribution in [2.45, 2.75) is 39.5 Å². The van der Waals surface area contributed by atoms with E-state index < -0.39 is 5.60 Å². The Hall–Kier alpha value is -1.49. The van der Waals surface area contributed by atoms with Crippen LogP contribution in [0.2, 0.25) is 0 Å². The van der Waals surface area contributed by atoms with Gasteiger partial charge in [0.15, 0.2) is 0 Å². The number of benzene rings is 1. The Morgan fingerprint density at radius 3 is 2.71 bits per heavy atom. The summed E-state index contributed by atoms with van der Waals surface area (Å²) in [6, 6.07) is 8.42. The summed E-state index contributed by atoms with van der Waals surface area (Å²) in [7, 11) is 0. The first-order valence-corrected chi connectivity index (χ1v) is 7.88. The molecular formula is C16H19BrN2O2. The van der Waals surface area contributed by atoms with E-state index in [1.807, 2.05) is 26.8 Å². The van der Waals surface area contributed by atoms with Gasteiger partial charge in [0.05, 0.1) is 6.54 Å². The molecule has 1 aromatic carbocycles. The van der Waals surface area contributed by atoms with Gasteiger partial charge in [0.1, 0.15) is 5.60 Å². The summed E-state index contributed by atoms with van der Waals surface area (Å²) in [5.74, 6) is 0. The van der Waals surface area contributed by atoms with E-state index in [1.54, 1.807) is 4.90 Å². The molecule has 1 aliphatic heterocycles. The molecule has 4 nitrogen and oxygen atoms in total. The fourth-order valence-electron chi connectivity index (χ4n) is 2.66. The highest BCUT2D eigenvalue weighted by atomic mass is 79.9. The molecule has 0 atom stereocenters. The topological polar surface area (TPSA) is 34.5 Å². The van der Waals surface area contributed by atoms with Crippen LogP contribution in [0.15, 0.2) is 28.7 Å². The Bertz CT molecular complexity index is 700. The zero-order valence-corrected chi connectivity index (χ0v) is 14.1. The van der Waals surface area contributed by atoms with Crippen LogP contribution in [0.4, 0.5) is 4.79 Å². The Labute approximate surface area is 132 Å². The highest BCUT2D eigenvalue weighted by Crippen LogP contribution is 2.27. The first-order chi connectivity index (χ1) is 9.83. The van der Waals surface area contributed by atoms with Gasteiger partial charge in [-0.1, -0.05) is 22.0 Å². The van der Waals surface area contributed by atoms with Crippen LogP contribution in [0.25, 0.3) is 10.9 Å². The fourth-order valence-corrected chi connectivity index (χ4v) is 3.01. The molecule has 0 radical (unpaired) electrons. The third kappa shape index (κ3) is 2.93. The SMILES string of the molecule is CC(C)(C)OC(=O)N1CCn2c(cc3ccc(Br)cc32)C1. The maximum absolute atomic E-state index is 12.2. The highest BCUT2D eigenvalue weighted by Gasteiger charge is 2.26. The summed E-state index contributed by atoms with van der Waals surface area (Å²) in [5.41, 5.74) is 1.91. The van der Waals surface area contributed by atoms with E-state index in [-0.39, 0.29) is 6.09 Å². The molecule has 0 saturated heterocycles. The van der Waals surface area contributed by atoms with Gasteiger partial charge >= 0.3 is 6.09 Å². The second-order valence-corrected chi connectivity index (χ2v) is 7.31. The Kier molecular flexibility index (Phi) is 3.48. The first kappa shape index (κ1) is 14.4. The first-order valence-electron chi connectivity index (χ1n) is 7.09. The van der Waals surface area contributed by atoms with Crippen molar-refractivity contribution >= 4 is 32.9 Å². The predicted molar refractivity (Wildman–Crippen MR) is 86.3 cm³/mol. The quantitative estimate of drug-likeness (QED) is 0.715. The van der Waals surface area contributed by atoms with Gasteiger partial charge in [0.2, 0.25) is 0 Å². The van der Waals surface area contributed by atoms with Crippen molar-refractivity contribution in [3.63, 3.8) is 0 Å². The predicted octanol–water partition coefficient (Wildman–Crippen LogP) is 4.15. The lowest BCUT2D eigenvalue weighted by Crippen LogP contribution is -2.41. The second kappa shape index (κ2) is 5.05. The lowest BCUT2D eigenvalue weighted by molar-refractivity contribution is 0.0200. The summed E-state index contributed by atoms with van der Waals surface area (Å²) >= 11 is 3.52. The molecule has 0 saturated carbocycles. The van der Waals surface area contributed by atoms with Crippen LogP contribution in [-0.2, 0) is 17.8 Å². The standard InChI is InChI=1S/C16H19BrN2O2/c1-16(2,3)21-15(20)18-6-7-19-13(10-18)8-11-4-5-12(17)9-14(11)19/h4-5,8-9H,6-7,10H2,1-3H3. The zero-order valence-electron chi connectivity index (χ0n) is 12.5. The summed E-state index contributed by atoms with van der Waals surface area (Å²) in [5, 5.41) is 1.21. The number of ether oxygens (including phenoxy) is 1. The number of carbonyl (C=O) groups excluding carboxylic acids is 1. The molecule has 1 aliphatic rings. The molecule has 2 heterocycles. The minimum Gasteiger partial charge on any atom is -0.444 e. The Morgan fingerprint density at radius 1 is 1.24 bits per heavy atom. The van der Waals surface area contributed by atoms with Crippen LogP contribution in [0.1, 0.15) is 26.5 Å². The van der Waals surface area contributed by atoms with Gasteiger partial charge in [0.25, 0.3) is 0 Å². The van der Waals surface area contributed by atoms with Crippen LogP contribution in [0.5, 0.6) is 0 Å². The molecule has 0 N–H and O–H groups in total. The zero-order chi connectivity index (χ0) is 15.2. The number of nitrogens with zero attached hydrogens (tertiary/aromatic N) is 2. The van der Waals surface area contributed by atoms with E-state index in [1.165, 1.54) is 10.9 Å². The van der Waals surface area contributed by atoms with Gasteiger partial charge in [0, 0.05) is 34.2 Å². The molecule has 1 amide bonds. The molecule has 5 heteroatoms. The van der Waals surface area contributed by atoms with Gasteiger partial charge in [-0.25, -0.2) is 4.79 Å². The molecular weight excluding hydrogens is 332 g/mol. The lowest BCUT2D eigenvalue weighted by Gasteiger charge is -2.31. The number of halogens is 1. The highest BCUT2D eigenvalue weighted by molar-refractivity contribution is 9.10. The van der Waals surface area contributed by atoms with Crippen LogP contribution in [-0.4, -0.2) is 27.7 Å². The van der Waals surface area contributed by atoms with Gasteiger partial charge in [-0.2, -0.15) is 0 Å². The van der Waals surface area contributed by atoms with Crippen molar-refractivity contribution in [3.8, 4) is 0 Å². The van der Waals surface area contributed by atoms with E-state index in [9.17, 15) is 4.79 Å². The normalized spacial score (nSPS) is 15.1. The maximum Gasteiger partial charge on any atom is 0.410 e. The van der Waals surface area contributed by atoms with Crippen molar-refractivity contribution in [3.05, 3.63) is 34.4 Å². The van der Waals surface area contributed by atoms with Crippen molar-refractivity contribution in [2.75, 3.05) is 6.54 Å². The maximum atomic E-state index is 12.2. The van der Waals surface area contributed by atoms with Crippen LogP contribution < -0.4 is 0 Å². The van der Waals surface area contributed by atoms with Crippen molar-refractivity contribution < 1.29 is 9.53 Å². The average Bonchev–Trinajstić information content (AvgIpc) is 2.73. The fraction of sp³-hybridized carbons (Fsp3) is 0.438. The van der Waals surface area contributed by atoms with Crippen molar-refractivity contribution in [1.29, 1.82) is 0 Å². The number of rotatable bonds is 0. The van der Waals surface area contributed by atoms with Crippen molar-refractivity contribution in [2.24, 2.45) is 0 Å². The number of amides is 1. The average molecular weight is 351 g/mol. The Balaban J connectivity index is 1.86. The third-order valence-electron chi connectivity index (χ3n) is 3.55. The van der Waals surface area contributed by atoms with Crippen molar-refractivity contribution in [1.82, 2.24) is 9.47 Å². The minimum absolute atomic E-state index is 0.236. The molecule has 0 bridgehead atoms. The molecule has 0 fully saturated rings. The summed E-state index contributed by atoms with van der Waals surface area (Å²) < 4.78 is 8.81. The second-order valence-electron chi connectivity index (χ2n) is 6.39. The lowest BCUT2D eigenvalue weighted by atomic mass is 10.2. The molecule has 1 aromatic heterocycles. The van der Waals surface area contributed by atoms with Crippen LogP contribution >= 0.6 is 15.9 Å². The molecule has 112 valence electrons. The molecule has 21 heavy (non-hydrogen) atoms. The molecule has 0 unspecified atom stereocenters. The van der Waals surface area contributed by atoms with Gasteiger partial charge in [-0.3, -0.25) is 0 Å². The molecule has 0 spiro atoms. The number of carbonyl (C=O) groups is 1.